The topological polar surface area (TPSA) is 38.1 Å². The number of rotatable bonds is 2. The van der Waals surface area contributed by atoms with Crippen LogP contribution < -0.4 is 5.32 Å². The third-order valence-electron chi connectivity index (χ3n) is 4.89. The highest BCUT2D eigenvalue weighted by Crippen LogP contribution is 2.44. The van der Waals surface area contributed by atoms with E-state index < -0.39 is 0 Å². The third kappa shape index (κ3) is 1.79. The van der Waals surface area contributed by atoms with Gasteiger partial charge in [-0.1, -0.05) is 19.4 Å². The smallest absolute Gasteiger partial charge is 0.212 e. The van der Waals surface area contributed by atoms with Gasteiger partial charge < -0.3 is 9.73 Å². The quantitative estimate of drug-likeness (QED) is 0.894. The predicted molar refractivity (Wildman–Crippen MR) is 75.0 cm³/mol. The van der Waals surface area contributed by atoms with Crippen LogP contribution in [0, 0.1) is 11.8 Å². The minimum Gasteiger partial charge on any atom is -0.439 e. The van der Waals surface area contributed by atoms with Crippen LogP contribution in [-0.2, 0) is 6.42 Å². The Kier molecular flexibility index (Phi) is 2.62. The number of hydrogen-bond donors (Lipinski definition) is 1. The molecular weight excluding hydrogens is 236 g/mol. The van der Waals surface area contributed by atoms with Gasteiger partial charge in [-0.05, 0) is 55.3 Å². The molecule has 0 bridgehead atoms. The fourth-order valence-electron chi connectivity index (χ4n) is 3.80. The first-order chi connectivity index (χ1) is 9.35. The summed E-state index contributed by atoms with van der Waals surface area (Å²) in [4.78, 5) is 4.73. The van der Waals surface area contributed by atoms with Crippen LogP contribution in [0.1, 0.15) is 43.7 Å². The molecule has 2 heterocycles. The summed E-state index contributed by atoms with van der Waals surface area (Å²) in [6, 6.07) is 6.69. The fourth-order valence-corrected chi connectivity index (χ4v) is 3.80. The summed E-state index contributed by atoms with van der Waals surface area (Å²) in [5.74, 6) is 2.47. The van der Waals surface area contributed by atoms with Gasteiger partial charge in [-0.2, -0.15) is 0 Å². The molecule has 100 valence electrons. The fraction of sp³-hybridized carbons (Fsp3) is 0.562. The molecule has 1 aromatic carbocycles. The van der Waals surface area contributed by atoms with Gasteiger partial charge >= 0.3 is 0 Å². The molecule has 1 aliphatic carbocycles. The highest BCUT2D eigenvalue weighted by molar-refractivity contribution is 5.73. The molecule has 0 radical (unpaired) electrons. The van der Waals surface area contributed by atoms with Crippen LogP contribution in [-0.4, -0.2) is 11.5 Å². The molecule has 3 nitrogen and oxygen atoms in total. The third-order valence-corrected chi connectivity index (χ3v) is 4.89. The molecule has 4 rings (SSSR count). The Bertz CT molecular complexity index is 604. The molecule has 2 aliphatic rings. The zero-order valence-corrected chi connectivity index (χ0v) is 11.4. The lowest BCUT2D eigenvalue weighted by Gasteiger charge is -2.13. The largest absolute Gasteiger partial charge is 0.439 e. The molecule has 1 aromatic heterocycles. The Morgan fingerprint density at radius 2 is 2.32 bits per heavy atom. The van der Waals surface area contributed by atoms with Gasteiger partial charge in [0.15, 0.2) is 5.58 Å². The van der Waals surface area contributed by atoms with E-state index in [-0.39, 0.29) is 0 Å². The second kappa shape index (κ2) is 4.34. The molecule has 1 N–H and O–H groups in total. The van der Waals surface area contributed by atoms with Crippen molar-refractivity contribution in [2.24, 2.45) is 11.8 Å². The van der Waals surface area contributed by atoms with Gasteiger partial charge in [0.2, 0.25) is 5.89 Å². The summed E-state index contributed by atoms with van der Waals surface area (Å²) in [6.45, 7) is 3.30. The van der Waals surface area contributed by atoms with E-state index in [1.165, 1.54) is 24.8 Å². The first-order valence-electron chi connectivity index (χ1n) is 7.48. The number of oxazole rings is 1. The monoisotopic (exact) mass is 256 g/mol. The van der Waals surface area contributed by atoms with Gasteiger partial charge in [0.1, 0.15) is 5.52 Å². The summed E-state index contributed by atoms with van der Waals surface area (Å²) in [7, 11) is 0. The van der Waals surface area contributed by atoms with Gasteiger partial charge in [0.25, 0.3) is 0 Å². The molecule has 0 spiro atoms. The van der Waals surface area contributed by atoms with E-state index in [9.17, 15) is 0 Å². The Labute approximate surface area is 113 Å². The molecule has 1 aliphatic heterocycles. The van der Waals surface area contributed by atoms with Crippen molar-refractivity contribution in [2.75, 3.05) is 6.54 Å². The number of nitrogens with zero attached hydrogens (tertiary/aromatic N) is 1. The van der Waals surface area contributed by atoms with E-state index in [1.54, 1.807) is 0 Å². The van der Waals surface area contributed by atoms with Gasteiger partial charge in [0.05, 0.1) is 6.04 Å². The maximum absolute atomic E-state index is 5.99. The zero-order valence-electron chi connectivity index (χ0n) is 11.4. The highest BCUT2D eigenvalue weighted by Gasteiger charge is 2.41. The predicted octanol–water partition coefficient (Wildman–Crippen LogP) is 3.45. The van der Waals surface area contributed by atoms with E-state index in [1.807, 2.05) is 0 Å². The van der Waals surface area contributed by atoms with Crippen molar-refractivity contribution >= 4 is 11.1 Å². The second-order valence-electron chi connectivity index (χ2n) is 5.95. The van der Waals surface area contributed by atoms with E-state index >= 15 is 0 Å². The standard InChI is InChI=1S/C16H20N2O/c1-2-10-6-7-14-13(8-10)18-16(19-14)15-12-5-3-4-11(12)9-17-15/h6-8,11-12,15,17H,2-5,9H2,1H3. The van der Waals surface area contributed by atoms with Crippen molar-refractivity contribution in [3.05, 3.63) is 29.7 Å². The minimum atomic E-state index is 0.338. The first kappa shape index (κ1) is 11.5. The number of benzene rings is 1. The van der Waals surface area contributed by atoms with Gasteiger partial charge in [-0.15, -0.1) is 0 Å². The summed E-state index contributed by atoms with van der Waals surface area (Å²) in [5.41, 5.74) is 3.26. The molecule has 1 saturated heterocycles. The Balaban J connectivity index is 1.71. The van der Waals surface area contributed by atoms with E-state index in [4.69, 9.17) is 9.40 Å². The maximum atomic E-state index is 5.99. The summed E-state index contributed by atoms with van der Waals surface area (Å²) < 4.78 is 5.99. The van der Waals surface area contributed by atoms with Crippen LogP contribution in [0.4, 0.5) is 0 Å². The molecule has 3 unspecified atom stereocenters. The first-order valence-corrected chi connectivity index (χ1v) is 7.48. The average Bonchev–Trinajstić information content (AvgIpc) is 3.11. The average molecular weight is 256 g/mol. The molecule has 3 atom stereocenters. The number of fused-ring (bicyclic) bond motifs is 2. The summed E-state index contributed by atoms with van der Waals surface area (Å²) >= 11 is 0. The lowest BCUT2D eigenvalue weighted by Crippen LogP contribution is -2.17. The second-order valence-corrected chi connectivity index (χ2v) is 5.95. The van der Waals surface area contributed by atoms with Crippen LogP contribution in [0.2, 0.25) is 0 Å². The van der Waals surface area contributed by atoms with Crippen LogP contribution in [0.3, 0.4) is 0 Å². The molecule has 0 amide bonds. The van der Waals surface area contributed by atoms with Crippen molar-refractivity contribution in [1.82, 2.24) is 10.3 Å². The van der Waals surface area contributed by atoms with Crippen LogP contribution >= 0.6 is 0 Å². The van der Waals surface area contributed by atoms with E-state index in [0.29, 0.717) is 6.04 Å². The van der Waals surface area contributed by atoms with Crippen LogP contribution in [0.5, 0.6) is 0 Å². The number of aromatic nitrogens is 1. The minimum absolute atomic E-state index is 0.338. The molecule has 2 fully saturated rings. The van der Waals surface area contributed by atoms with E-state index in [0.717, 1.165) is 41.8 Å². The Hall–Kier alpha value is -1.35. The van der Waals surface area contributed by atoms with Gasteiger partial charge in [0, 0.05) is 0 Å². The van der Waals surface area contributed by atoms with E-state index in [2.05, 4.69) is 30.4 Å². The maximum Gasteiger partial charge on any atom is 0.212 e. The molecule has 3 heteroatoms. The van der Waals surface area contributed by atoms with Crippen molar-refractivity contribution in [1.29, 1.82) is 0 Å². The zero-order chi connectivity index (χ0) is 12.8. The normalized spacial score (nSPS) is 30.1. The molecular formula is C16H20N2O. The van der Waals surface area contributed by atoms with Crippen molar-refractivity contribution in [3.8, 4) is 0 Å². The number of hydrogen-bond acceptors (Lipinski definition) is 3. The highest BCUT2D eigenvalue weighted by atomic mass is 16.3. The lowest BCUT2D eigenvalue weighted by atomic mass is 9.94. The van der Waals surface area contributed by atoms with Gasteiger partial charge in [-0.3, -0.25) is 0 Å². The van der Waals surface area contributed by atoms with Crippen LogP contribution in [0.15, 0.2) is 22.6 Å². The van der Waals surface area contributed by atoms with Crippen molar-refractivity contribution < 1.29 is 4.42 Å². The van der Waals surface area contributed by atoms with Crippen molar-refractivity contribution in [3.63, 3.8) is 0 Å². The lowest BCUT2D eigenvalue weighted by molar-refractivity contribution is 0.356. The summed E-state index contributed by atoms with van der Waals surface area (Å²) in [5, 5.41) is 3.61. The SMILES string of the molecule is CCc1ccc2oc(C3NCC4CCCC43)nc2c1. The number of nitrogens with one attached hydrogen (secondary N) is 1. The Morgan fingerprint density at radius 1 is 1.37 bits per heavy atom. The summed E-state index contributed by atoms with van der Waals surface area (Å²) in [6.07, 6.45) is 5.11. The number of aryl methyl sites for hydroxylation is 1. The van der Waals surface area contributed by atoms with Gasteiger partial charge in [-0.25, -0.2) is 4.98 Å². The van der Waals surface area contributed by atoms with Crippen molar-refractivity contribution in [2.45, 2.75) is 38.6 Å². The van der Waals surface area contributed by atoms with Crippen LogP contribution in [0.25, 0.3) is 11.1 Å². The molecule has 1 saturated carbocycles. The molecule has 19 heavy (non-hydrogen) atoms. The molecule has 2 aromatic rings. The Morgan fingerprint density at radius 3 is 3.21 bits per heavy atom.